The molecule has 7 heavy (non-hydrogen) atoms. The number of hydrogen-bond acceptors (Lipinski definition) is 1. The molecule has 0 aromatic rings. The zero-order valence-corrected chi connectivity index (χ0v) is 5.83. The summed E-state index contributed by atoms with van der Waals surface area (Å²) in [4.78, 5) is 0. The minimum Gasteiger partial charge on any atom is -0.293 e. The lowest BCUT2D eigenvalue weighted by Gasteiger charge is -1.75. The summed E-state index contributed by atoms with van der Waals surface area (Å²) in [7, 11) is 0. The van der Waals surface area contributed by atoms with Crippen LogP contribution in [-0.2, 0) is 0 Å². The molecular formula is C5H8BrN. The molecule has 2 heteroatoms. The molecule has 0 spiro atoms. The molecule has 0 fully saturated rings. The largest absolute Gasteiger partial charge is 0.293 e. The van der Waals surface area contributed by atoms with Gasteiger partial charge in [0.1, 0.15) is 0 Å². The quantitative estimate of drug-likeness (QED) is 0.602. The van der Waals surface area contributed by atoms with Crippen molar-refractivity contribution in [1.29, 1.82) is 5.41 Å². The molecule has 40 valence electrons. The first-order valence-corrected chi connectivity index (χ1v) is 2.97. The lowest BCUT2D eigenvalue weighted by Crippen LogP contribution is -1.68. The average molecular weight is 162 g/mol. The van der Waals surface area contributed by atoms with Gasteiger partial charge in [-0.15, -0.1) is 0 Å². The maximum Gasteiger partial charge on any atom is 0.0963 e. The van der Waals surface area contributed by atoms with Gasteiger partial charge < -0.3 is 0 Å². The van der Waals surface area contributed by atoms with Crippen LogP contribution in [0.5, 0.6) is 0 Å². The molecule has 0 aromatic carbocycles. The summed E-state index contributed by atoms with van der Waals surface area (Å²) in [5, 5.41) is 6.83. The van der Waals surface area contributed by atoms with E-state index in [1.807, 2.05) is 13.0 Å². The molecule has 0 atom stereocenters. The van der Waals surface area contributed by atoms with Gasteiger partial charge in [0, 0.05) is 0 Å². The Morgan fingerprint density at radius 2 is 2.43 bits per heavy atom. The molecular weight excluding hydrogens is 154 g/mol. The molecule has 0 amide bonds. The van der Waals surface area contributed by atoms with Crippen LogP contribution in [0.25, 0.3) is 0 Å². The third-order valence-electron chi connectivity index (χ3n) is 0.500. The summed E-state index contributed by atoms with van der Waals surface area (Å²) in [5.41, 5.74) is 0. The molecule has 0 bridgehead atoms. The van der Waals surface area contributed by atoms with Crippen LogP contribution in [0.1, 0.15) is 13.3 Å². The Kier molecular flexibility index (Phi) is 4.00. The van der Waals surface area contributed by atoms with Gasteiger partial charge in [-0.1, -0.05) is 13.0 Å². The fourth-order valence-electron chi connectivity index (χ4n) is 0.221. The van der Waals surface area contributed by atoms with E-state index in [-0.39, 0.29) is 0 Å². The van der Waals surface area contributed by atoms with Crippen molar-refractivity contribution >= 4 is 20.6 Å². The topological polar surface area (TPSA) is 23.9 Å². The van der Waals surface area contributed by atoms with Crippen LogP contribution in [0, 0.1) is 5.41 Å². The van der Waals surface area contributed by atoms with Crippen molar-refractivity contribution in [2.45, 2.75) is 13.3 Å². The lowest BCUT2D eigenvalue weighted by molar-refractivity contribution is 1.23. The summed E-state index contributed by atoms with van der Waals surface area (Å²) in [6, 6.07) is 0. The van der Waals surface area contributed by atoms with Gasteiger partial charge in [0.15, 0.2) is 0 Å². The number of allylic oxidation sites excluding steroid dienone is 2. The number of rotatable bonds is 2. The molecule has 0 aliphatic heterocycles. The van der Waals surface area contributed by atoms with Crippen LogP contribution in [0.15, 0.2) is 12.2 Å². The van der Waals surface area contributed by atoms with Crippen molar-refractivity contribution in [2.75, 3.05) is 0 Å². The van der Waals surface area contributed by atoms with E-state index in [9.17, 15) is 0 Å². The summed E-state index contributed by atoms with van der Waals surface area (Å²) in [6.07, 6.45) is 4.64. The van der Waals surface area contributed by atoms with E-state index in [1.54, 1.807) is 6.08 Å². The predicted molar refractivity (Wildman–Crippen MR) is 36.1 cm³/mol. The first kappa shape index (κ1) is 6.89. The Morgan fingerprint density at radius 1 is 1.86 bits per heavy atom. The van der Waals surface area contributed by atoms with E-state index in [0.717, 1.165) is 6.42 Å². The highest BCUT2D eigenvalue weighted by Gasteiger charge is 1.72. The van der Waals surface area contributed by atoms with Crippen molar-refractivity contribution in [1.82, 2.24) is 0 Å². The second-order valence-electron chi connectivity index (χ2n) is 1.16. The molecule has 0 aliphatic carbocycles. The Morgan fingerprint density at radius 3 is 2.57 bits per heavy atom. The number of hydrogen-bond donors (Lipinski definition) is 1. The average Bonchev–Trinajstić information content (AvgIpc) is 1.61. The van der Waals surface area contributed by atoms with E-state index in [2.05, 4.69) is 15.9 Å². The summed E-state index contributed by atoms with van der Waals surface area (Å²) >= 11 is 2.97. The first-order valence-electron chi connectivity index (χ1n) is 2.18. The minimum absolute atomic E-state index is 0.439. The maximum absolute atomic E-state index is 6.83. The highest BCUT2D eigenvalue weighted by molar-refractivity contribution is 9.18. The summed E-state index contributed by atoms with van der Waals surface area (Å²) in [5.74, 6) is 0. The van der Waals surface area contributed by atoms with Crippen molar-refractivity contribution in [2.24, 2.45) is 0 Å². The van der Waals surface area contributed by atoms with Gasteiger partial charge in [0.2, 0.25) is 0 Å². The maximum atomic E-state index is 6.83. The number of nitrogens with one attached hydrogen (secondary N) is 1. The molecule has 0 heterocycles. The van der Waals surface area contributed by atoms with E-state index in [1.165, 1.54) is 0 Å². The van der Waals surface area contributed by atoms with Crippen LogP contribution in [0.2, 0.25) is 0 Å². The molecule has 0 saturated heterocycles. The standard InChI is InChI=1S/C5H8BrN/c1-2-3-4-5(6)7/h3-4,7H,2H2,1H3/b4-3-,7-5?. The van der Waals surface area contributed by atoms with Crippen LogP contribution in [0.4, 0.5) is 0 Å². The van der Waals surface area contributed by atoms with E-state index in [0.29, 0.717) is 4.62 Å². The van der Waals surface area contributed by atoms with Gasteiger partial charge >= 0.3 is 0 Å². The van der Waals surface area contributed by atoms with Gasteiger partial charge in [-0.25, -0.2) is 0 Å². The fraction of sp³-hybridized carbons (Fsp3) is 0.400. The summed E-state index contributed by atoms with van der Waals surface area (Å²) < 4.78 is 0.439. The van der Waals surface area contributed by atoms with E-state index >= 15 is 0 Å². The second kappa shape index (κ2) is 4.06. The predicted octanol–water partition coefficient (Wildman–Crippen LogP) is 2.32. The van der Waals surface area contributed by atoms with Gasteiger partial charge in [0.25, 0.3) is 0 Å². The molecule has 0 unspecified atom stereocenters. The van der Waals surface area contributed by atoms with Gasteiger partial charge in [-0.3, -0.25) is 5.41 Å². The van der Waals surface area contributed by atoms with Crippen molar-refractivity contribution < 1.29 is 0 Å². The van der Waals surface area contributed by atoms with Crippen LogP contribution < -0.4 is 0 Å². The number of halogens is 1. The molecule has 0 radical (unpaired) electrons. The van der Waals surface area contributed by atoms with Crippen molar-refractivity contribution in [3.05, 3.63) is 12.2 Å². The summed E-state index contributed by atoms with van der Waals surface area (Å²) in [6.45, 7) is 2.03. The molecule has 1 N–H and O–H groups in total. The van der Waals surface area contributed by atoms with Crippen molar-refractivity contribution in [3.63, 3.8) is 0 Å². The Balaban J connectivity index is 3.26. The van der Waals surface area contributed by atoms with Gasteiger partial charge in [0.05, 0.1) is 4.62 Å². The molecule has 0 aliphatic rings. The minimum atomic E-state index is 0.439. The fourth-order valence-corrected chi connectivity index (χ4v) is 0.408. The normalized spacial score (nSPS) is 10.0. The van der Waals surface area contributed by atoms with Crippen LogP contribution in [-0.4, -0.2) is 4.62 Å². The zero-order chi connectivity index (χ0) is 5.70. The van der Waals surface area contributed by atoms with Gasteiger partial charge in [-0.05, 0) is 28.4 Å². The second-order valence-corrected chi connectivity index (χ2v) is 2.01. The first-order chi connectivity index (χ1) is 3.27. The Bertz CT molecular complexity index is 86.1. The van der Waals surface area contributed by atoms with Crippen LogP contribution in [0.3, 0.4) is 0 Å². The van der Waals surface area contributed by atoms with Gasteiger partial charge in [-0.2, -0.15) is 0 Å². The third kappa shape index (κ3) is 5.89. The Labute approximate surface area is 52.1 Å². The van der Waals surface area contributed by atoms with E-state index < -0.39 is 0 Å². The SMILES string of the molecule is CC/C=C\C(=N)Br. The molecule has 0 saturated carbocycles. The molecule has 0 aromatic heterocycles. The molecule has 0 rings (SSSR count). The lowest BCUT2D eigenvalue weighted by atomic mass is 10.4. The smallest absolute Gasteiger partial charge is 0.0963 e. The monoisotopic (exact) mass is 161 g/mol. The zero-order valence-electron chi connectivity index (χ0n) is 4.24. The van der Waals surface area contributed by atoms with E-state index in [4.69, 9.17) is 5.41 Å². The highest BCUT2D eigenvalue weighted by atomic mass is 79.9. The third-order valence-corrected chi connectivity index (χ3v) is 0.764. The highest BCUT2D eigenvalue weighted by Crippen LogP contribution is 1.87. The van der Waals surface area contributed by atoms with Crippen molar-refractivity contribution in [3.8, 4) is 0 Å². The van der Waals surface area contributed by atoms with Crippen LogP contribution >= 0.6 is 15.9 Å². The molecule has 1 nitrogen and oxygen atoms in total. The Hall–Kier alpha value is -0.110.